The van der Waals surface area contributed by atoms with Crippen molar-refractivity contribution >= 4 is 23.4 Å². The molecule has 1 N–H and O–H groups in total. The molecule has 0 unspecified atom stereocenters. The van der Waals surface area contributed by atoms with Crippen LogP contribution in [0.3, 0.4) is 0 Å². The number of nitrogens with one attached hydrogen (secondary N) is 1. The van der Waals surface area contributed by atoms with Crippen LogP contribution in [-0.2, 0) is 11.2 Å². The molecule has 0 aliphatic carbocycles. The molecule has 1 amide bonds. The number of ether oxygens (including phenoxy) is 1. The van der Waals surface area contributed by atoms with Crippen molar-refractivity contribution < 1.29 is 9.53 Å². The van der Waals surface area contributed by atoms with Crippen LogP contribution in [0.25, 0.3) is 0 Å². The minimum atomic E-state index is -0.155. The minimum absolute atomic E-state index is 0.00925. The fourth-order valence-corrected chi connectivity index (χ4v) is 2.47. The highest BCUT2D eigenvalue weighted by atomic mass is 32.2. The van der Waals surface area contributed by atoms with Crippen LogP contribution in [0.2, 0.25) is 0 Å². The van der Waals surface area contributed by atoms with Gasteiger partial charge in [-0.25, -0.2) is 0 Å². The van der Waals surface area contributed by atoms with Crippen LogP contribution in [0, 0.1) is 0 Å². The largest absolute Gasteiger partial charge is 0.484 e. The number of thioether (sulfide) groups is 1. The van der Waals surface area contributed by atoms with Crippen LogP contribution >= 0.6 is 11.8 Å². The average molecular weight is 315 g/mol. The summed E-state index contributed by atoms with van der Waals surface area (Å²) in [6.07, 6.45) is 4.20. The predicted octanol–water partition coefficient (Wildman–Crippen LogP) is 4.38. The van der Waals surface area contributed by atoms with Gasteiger partial charge >= 0.3 is 0 Å². The molecule has 2 aromatic carbocycles. The molecule has 4 heteroatoms. The van der Waals surface area contributed by atoms with E-state index in [9.17, 15) is 4.79 Å². The van der Waals surface area contributed by atoms with Gasteiger partial charge in [-0.15, -0.1) is 11.8 Å². The van der Waals surface area contributed by atoms with Crippen LogP contribution in [-0.4, -0.2) is 18.8 Å². The number of amides is 1. The number of aryl methyl sites for hydroxylation is 1. The molecule has 22 heavy (non-hydrogen) atoms. The summed E-state index contributed by atoms with van der Waals surface area (Å²) in [5, 5.41) is 2.84. The number of anilines is 1. The third kappa shape index (κ3) is 5.11. The Morgan fingerprint density at radius 2 is 1.77 bits per heavy atom. The molecule has 0 spiro atoms. The van der Waals surface area contributed by atoms with Crippen molar-refractivity contribution in [3.05, 3.63) is 54.1 Å². The smallest absolute Gasteiger partial charge is 0.262 e. The van der Waals surface area contributed by atoms with E-state index in [1.807, 2.05) is 54.8 Å². The third-order valence-corrected chi connectivity index (χ3v) is 3.95. The van der Waals surface area contributed by atoms with E-state index in [1.165, 1.54) is 10.5 Å². The van der Waals surface area contributed by atoms with Gasteiger partial charge in [-0.05, 0) is 54.6 Å². The lowest BCUT2D eigenvalue weighted by Gasteiger charge is -2.08. The number of hydrogen-bond donors (Lipinski definition) is 1. The Morgan fingerprint density at radius 3 is 2.36 bits per heavy atom. The van der Waals surface area contributed by atoms with E-state index in [0.717, 1.165) is 18.5 Å². The molecule has 0 aliphatic heterocycles. The van der Waals surface area contributed by atoms with Crippen LogP contribution in [0.5, 0.6) is 5.75 Å². The van der Waals surface area contributed by atoms with Crippen LogP contribution < -0.4 is 10.1 Å². The average Bonchev–Trinajstić information content (AvgIpc) is 2.55. The molecule has 0 aromatic heterocycles. The summed E-state index contributed by atoms with van der Waals surface area (Å²) in [5.41, 5.74) is 2.08. The molecular weight excluding hydrogens is 294 g/mol. The molecule has 116 valence electrons. The van der Waals surface area contributed by atoms with E-state index < -0.39 is 0 Å². The summed E-state index contributed by atoms with van der Waals surface area (Å²) in [5.74, 6) is 0.545. The second kappa shape index (κ2) is 8.49. The lowest BCUT2D eigenvalue weighted by molar-refractivity contribution is -0.118. The second-order valence-corrected chi connectivity index (χ2v) is 5.84. The van der Waals surface area contributed by atoms with Gasteiger partial charge < -0.3 is 10.1 Å². The highest BCUT2D eigenvalue weighted by Gasteiger charge is 2.04. The Hall–Kier alpha value is -1.94. The maximum Gasteiger partial charge on any atom is 0.262 e. The summed E-state index contributed by atoms with van der Waals surface area (Å²) < 4.78 is 5.48. The number of carbonyl (C=O) groups excluding carboxylic acids is 1. The summed E-state index contributed by atoms with van der Waals surface area (Å²) in [6, 6.07) is 15.6. The number of rotatable bonds is 7. The van der Waals surface area contributed by atoms with E-state index in [2.05, 4.69) is 12.2 Å². The highest BCUT2D eigenvalue weighted by molar-refractivity contribution is 7.98. The lowest BCUT2D eigenvalue weighted by atomic mass is 10.1. The topological polar surface area (TPSA) is 38.3 Å². The first-order valence-electron chi connectivity index (χ1n) is 7.37. The molecule has 3 nitrogen and oxygen atoms in total. The van der Waals surface area contributed by atoms with Gasteiger partial charge in [0.1, 0.15) is 5.75 Å². The standard InChI is InChI=1S/C18H21NO2S/c1-3-4-14-5-7-15(8-6-14)19-18(20)13-21-16-9-11-17(22-2)12-10-16/h5-12H,3-4,13H2,1-2H3,(H,19,20). The maximum atomic E-state index is 11.9. The van der Waals surface area contributed by atoms with Gasteiger partial charge in [-0.1, -0.05) is 25.5 Å². The first-order valence-corrected chi connectivity index (χ1v) is 8.59. The number of benzene rings is 2. The van der Waals surface area contributed by atoms with Crippen molar-refractivity contribution in [2.75, 3.05) is 18.2 Å². The molecule has 0 atom stereocenters. The van der Waals surface area contributed by atoms with E-state index in [4.69, 9.17) is 4.74 Å². The Bertz CT molecular complexity index is 593. The highest BCUT2D eigenvalue weighted by Crippen LogP contribution is 2.19. The molecule has 0 aliphatic rings. The number of hydrogen-bond acceptors (Lipinski definition) is 3. The molecule has 0 saturated heterocycles. The number of carbonyl (C=O) groups is 1. The zero-order chi connectivity index (χ0) is 15.8. The second-order valence-electron chi connectivity index (χ2n) is 4.96. The fourth-order valence-electron chi connectivity index (χ4n) is 2.06. The molecule has 2 aromatic rings. The van der Waals surface area contributed by atoms with E-state index in [1.54, 1.807) is 11.8 Å². The summed E-state index contributed by atoms with van der Waals surface area (Å²) in [6.45, 7) is 2.16. The SMILES string of the molecule is CCCc1ccc(NC(=O)COc2ccc(SC)cc2)cc1. The van der Waals surface area contributed by atoms with Gasteiger partial charge in [0.25, 0.3) is 5.91 Å². The normalized spacial score (nSPS) is 10.3. The predicted molar refractivity (Wildman–Crippen MR) is 92.8 cm³/mol. The molecule has 0 heterocycles. The molecule has 0 bridgehead atoms. The monoisotopic (exact) mass is 315 g/mol. The zero-order valence-corrected chi connectivity index (χ0v) is 13.8. The van der Waals surface area contributed by atoms with Crippen LogP contribution in [0.15, 0.2) is 53.4 Å². The first-order chi connectivity index (χ1) is 10.7. The van der Waals surface area contributed by atoms with Gasteiger partial charge in [-0.2, -0.15) is 0 Å². The molecule has 0 fully saturated rings. The molecule has 0 saturated carbocycles. The van der Waals surface area contributed by atoms with E-state index in [-0.39, 0.29) is 12.5 Å². The summed E-state index contributed by atoms with van der Waals surface area (Å²) in [7, 11) is 0. The van der Waals surface area contributed by atoms with Crippen molar-refractivity contribution in [1.29, 1.82) is 0 Å². The summed E-state index contributed by atoms with van der Waals surface area (Å²) in [4.78, 5) is 13.0. The van der Waals surface area contributed by atoms with Gasteiger partial charge in [0.15, 0.2) is 6.61 Å². The van der Waals surface area contributed by atoms with Crippen LogP contribution in [0.4, 0.5) is 5.69 Å². The summed E-state index contributed by atoms with van der Waals surface area (Å²) >= 11 is 1.67. The van der Waals surface area contributed by atoms with Gasteiger partial charge in [0, 0.05) is 10.6 Å². The van der Waals surface area contributed by atoms with Gasteiger partial charge in [0.05, 0.1) is 0 Å². The van der Waals surface area contributed by atoms with Crippen molar-refractivity contribution in [3.8, 4) is 5.75 Å². The molecular formula is C18H21NO2S. The van der Waals surface area contributed by atoms with Gasteiger partial charge in [-0.3, -0.25) is 4.79 Å². The quantitative estimate of drug-likeness (QED) is 0.771. The maximum absolute atomic E-state index is 11.9. The molecule has 0 radical (unpaired) electrons. The van der Waals surface area contributed by atoms with Crippen molar-refractivity contribution in [2.45, 2.75) is 24.7 Å². The van der Waals surface area contributed by atoms with Crippen molar-refractivity contribution in [2.24, 2.45) is 0 Å². The minimum Gasteiger partial charge on any atom is -0.484 e. The lowest BCUT2D eigenvalue weighted by Crippen LogP contribution is -2.20. The Kier molecular flexibility index (Phi) is 6.34. The Morgan fingerprint density at radius 1 is 1.09 bits per heavy atom. The van der Waals surface area contributed by atoms with Crippen molar-refractivity contribution in [3.63, 3.8) is 0 Å². The Balaban J connectivity index is 1.81. The van der Waals surface area contributed by atoms with Gasteiger partial charge in [0.2, 0.25) is 0 Å². The van der Waals surface area contributed by atoms with E-state index in [0.29, 0.717) is 5.75 Å². The Labute approximate surface area is 136 Å². The van der Waals surface area contributed by atoms with Crippen LogP contribution in [0.1, 0.15) is 18.9 Å². The van der Waals surface area contributed by atoms with E-state index >= 15 is 0 Å². The zero-order valence-electron chi connectivity index (χ0n) is 13.0. The third-order valence-electron chi connectivity index (χ3n) is 3.21. The molecule has 2 rings (SSSR count). The first kappa shape index (κ1) is 16.4. The van der Waals surface area contributed by atoms with Crippen molar-refractivity contribution in [1.82, 2.24) is 0 Å². The fraction of sp³-hybridized carbons (Fsp3) is 0.278.